The minimum absolute atomic E-state index is 0.0412. The molecule has 0 radical (unpaired) electrons. The fourth-order valence-corrected chi connectivity index (χ4v) is 1.52. The third-order valence-electron chi connectivity index (χ3n) is 2.26. The van der Waals surface area contributed by atoms with E-state index in [9.17, 15) is 4.39 Å². The zero-order chi connectivity index (χ0) is 12.1. The topological polar surface area (TPSA) is 38.5 Å². The monoisotopic (exact) mass is 246 g/mol. The van der Waals surface area contributed by atoms with Gasteiger partial charge in [-0.3, -0.25) is 0 Å². The van der Waals surface area contributed by atoms with Gasteiger partial charge in [0.25, 0.3) is 0 Å². The van der Waals surface area contributed by atoms with Crippen LogP contribution in [0, 0.1) is 5.82 Å². The highest BCUT2D eigenvalue weighted by molar-refractivity contribution is 6.31. The van der Waals surface area contributed by atoms with E-state index in [1.807, 2.05) is 18.9 Å². The molecule has 0 unspecified atom stereocenters. The summed E-state index contributed by atoms with van der Waals surface area (Å²) in [7, 11) is 1.83. The minimum Gasteiger partial charge on any atom is -0.397 e. The first-order valence-electron chi connectivity index (χ1n) is 5.09. The van der Waals surface area contributed by atoms with E-state index in [1.165, 1.54) is 12.1 Å². The molecule has 2 N–H and O–H groups in total. The summed E-state index contributed by atoms with van der Waals surface area (Å²) in [4.78, 5) is 1.84. The number of nitrogens with zero attached hydrogens (tertiary/aromatic N) is 1. The van der Waals surface area contributed by atoms with Gasteiger partial charge in [-0.25, -0.2) is 4.39 Å². The first-order valence-corrected chi connectivity index (χ1v) is 5.47. The van der Waals surface area contributed by atoms with Crippen molar-refractivity contribution in [1.82, 2.24) is 0 Å². The Morgan fingerprint density at radius 2 is 2.19 bits per heavy atom. The lowest BCUT2D eigenvalue weighted by Crippen LogP contribution is -2.23. The van der Waals surface area contributed by atoms with Gasteiger partial charge in [0.15, 0.2) is 0 Å². The second kappa shape index (κ2) is 5.92. The second-order valence-electron chi connectivity index (χ2n) is 3.44. The number of ether oxygens (including phenoxy) is 1. The maximum absolute atomic E-state index is 13.3. The summed E-state index contributed by atoms with van der Waals surface area (Å²) < 4.78 is 18.5. The number of anilines is 2. The normalized spacial score (nSPS) is 10.5. The highest BCUT2D eigenvalue weighted by Gasteiger charge is 2.09. The first-order chi connectivity index (χ1) is 7.56. The van der Waals surface area contributed by atoms with Gasteiger partial charge in [-0.1, -0.05) is 11.6 Å². The molecule has 0 saturated heterocycles. The molecule has 1 aromatic rings. The van der Waals surface area contributed by atoms with E-state index in [2.05, 4.69) is 0 Å². The number of benzene rings is 1. The largest absolute Gasteiger partial charge is 0.397 e. The second-order valence-corrected chi connectivity index (χ2v) is 3.85. The molecule has 0 aliphatic heterocycles. The first kappa shape index (κ1) is 13.1. The summed E-state index contributed by atoms with van der Waals surface area (Å²) in [5, 5.41) is 0.0412. The Bertz CT molecular complexity index is 360. The molecule has 90 valence electrons. The van der Waals surface area contributed by atoms with Crippen molar-refractivity contribution in [2.75, 3.05) is 37.4 Å². The van der Waals surface area contributed by atoms with E-state index in [0.717, 1.165) is 0 Å². The van der Waals surface area contributed by atoms with Crippen LogP contribution in [0.4, 0.5) is 15.8 Å². The van der Waals surface area contributed by atoms with Crippen LogP contribution in [0.15, 0.2) is 12.1 Å². The van der Waals surface area contributed by atoms with Crippen LogP contribution >= 0.6 is 11.6 Å². The summed E-state index contributed by atoms with van der Waals surface area (Å²) in [5.41, 5.74) is 6.85. The maximum atomic E-state index is 13.3. The van der Waals surface area contributed by atoms with Crippen molar-refractivity contribution in [3.05, 3.63) is 23.0 Å². The molecular formula is C11H16ClFN2O. The summed E-state index contributed by atoms with van der Waals surface area (Å²) in [5.74, 6) is -0.464. The van der Waals surface area contributed by atoms with E-state index in [-0.39, 0.29) is 5.02 Å². The number of nitrogen functional groups attached to an aromatic ring is 1. The van der Waals surface area contributed by atoms with Gasteiger partial charge in [-0.15, -0.1) is 0 Å². The molecular weight excluding hydrogens is 231 g/mol. The van der Waals surface area contributed by atoms with Gasteiger partial charge in [0.05, 0.1) is 23.0 Å². The van der Waals surface area contributed by atoms with E-state index in [1.54, 1.807) is 0 Å². The number of likely N-dealkylation sites (N-methyl/N-ethyl adjacent to an activating group) is 1. The molecule has 0 heterocycles. The quantitative estimate of drug-likeness (QED) is 0.641. The molecule has 0 aliphatic carbocycles. The van der Waals surface area contributed by atoms with Crippen molar-refractivity contribution in [3.63, 3.8) is 0 Å². The third kappa shape index (κ3) is 3.25. The van der Waals surface area contributed by atoms with Gasteiger partial charge in [0.1, 0.15) is 5.82 Å². The zero-order valence-electron chi connectivity index (χ0n) is 9.46. The fourth-order valence-electron chi connectivity index (χ4n) is 1.35. The molecule has 0 saturated carbocycles. The van der Waals surface area contributed by atoms with Crippen molar-refractivity contribution in [2.24, 2.45) is 0 Å². The van der Waals surface area contributed by atoms with E-state index in [4.69, 9.17) is 22.1 Å². The predicted octanol–water partition coefficient (Wildman–Crippen LogP) is 2.53. The van der Waals surface area contributed by atoms with Crippen LogP contribution in [0.3, 0.4) is 0 Å². The van der Waals surface area contributed by atoms with Crippen LogP contribution in [0.5, 0.6) is 0 Å². The summed E-state index contributed by atoms with van der Waals surface area (Å²) in [6.45, 7) is 3.82. The van der Waals surface area contributed by atoms with Crippen LogP contribution in [0.25, 0.3) is 0 Å². The number of halogens is 2. The average Bonchev–Trinajstić information content (AvgIpc) is 2.23. The molecule has 0 fully saturated rings. The number of nitrogens with two attached hydrogens (primary N) is 1. The van der Waals surface area contributed by atoms with E-state index < -0.39 is 5.82 Å². The van der Waals surface area contributed by atoms with Crippen LogP contribution in [0.1, 0.15) is 6.92 Å². The summed E-state index contributed by atoms with van der Waals surface area (Å²) in [6, 6.07) is 2.76. The Labute approximate surface area is 99.9 Å². The zero-order valence-corrected chi connectivity index (χ0v) is 10.2. The summed E-state index contributed by atoms with van der Waals surface area (Å²) in [6.07, 6.45) is 0. The van der Waals surface area contributed by atoms with Crippen molar-refractivity contribution in [3.8, 4) is 0 Å². The van der Waals surface area contributed by atoms with Crippen LogP contribution in [-0.4, -0.2) is 26.8 Å². The van der Waals surface area contributed by atoms with Gasteiger partial charge in [0.2, 0.25) is 0 Å². The predicted molar refractivity (Wildman–Crippen MR) is 65.6 cm³/mol. The van der Waals surface area contributed by atoms with E-state index in [0.29, 0.717) is 31.1 Å². The molecule has 1 aromatic carbocycles. The third-order valence-corrected chi connectivity index (χ3v) is 2.55. The Morgan fingerprint density at radius 3 is 2.81 bits per heavy atom. The number of hydrogen-bond acceptors (Lipinski definition) is 3. The van der Waals surface area contributed by atoms with Gasteiger partial charge in [-0.05, 0) is 13.0 Å². The molecule has 16 heavy (non-hydrogen) atoms. The van der Waals surface area contributed by atoms with Crippen molar-refractivity contribution < 1.29 is 9.13 Å². The highest BCUT2D eigenvalue weighted by Crippen LogP contribution is 2.28. The van der Waals surface area contributed by atoms with Crippen molar-refractivity contribution >= 4 is 23.0 Å². The lowest BCUT2D eigenvalue weighted by molar-refractivity contribution is 0.154. The molecule has 0 aliphatic rings. The Morgan fingerprint density at radius 1 is 1.50 bits per heavy atom. The highest BCUT2D eigenvalue weighted by atomic mass is 35.5. The van der Waals surface area contributed by atoms with Crippen LogP contribution in [-0.2, 0) is 4.74 Å². The molecule has 5 heteroatoms. The van der Waals surface area contributed by atoms with E-state index >= 15 is 0 Å². The molecule has 3 nitrogen and oxygen atoms in total. The lowest BCUT2D eigenvalue weighted by atomic mass is 10.2. The smallest absolute Gasteiger partial charge is 0.144 e. The van der Waals surface area contributed by atoms with Crippen molar-refractivity contribution in [2.45, 2.75) is 6.92 Å². The van der Waals surface area contributed by atoms with Gasteiger partial charge < -0.3 is 15.4 Å². The molecule has 0 bridgehead atoms. The van der Waals surface area contributed by atoms with Gasteiger partial charge in [0, 0.05) is 26.3 Å². The number of hydrogen-bond donors (Lipinski definition) is 1. The van der Waals surface area contributed by atoms with Crippen LogP contribution < -0.4 is 10.6 Å². The molecule has 0 atom stereocenters. The minimum atomic E-state index is -0.464. The molecule has 0 spiro atoms. The maximum Gasteiger partial charge on any atom is 0.144 e. The molecule has 0 amide bonds. The average molecular weight is 247 g/mol. The van der Waals surface area contributed by atoms with Gasteiger partial charge in [-0.2, -0.15) is 0 Å². The molecule has 0 aromatic heterocycles. The number of rotatable bonds is 5. The summed E-state index contributed by atoms with van der Waals surface area (Å²) >= 11 is 5.62. The Kier molecular flexibility index (Phi) is 4.83. The van der Waals surface area contributed by atoms with Crippen LogP contribution in [0.2, 0.25) is 5.02 Å². The SMILES string of the molecule is CCOCCN(C)c1cc(F)c(Cl)cc1N. The Hall–Kier alpha value is -1.00. The van der Waals surface area contributed by atoms with Crippen molar-refractivity contribution in [1.29, 1.82) is 0 Å². The lowest BCUT2D eigenvalue weighted by Gasteiger charge is -2.21. The van der Waals surface area contributed by atoms with Gasteiger partial charge >= 0.3 is 0 Å². The Balaban J connectivity index is 2.75. The fraction of sp³-hybridized carbons (Fsp3) is 0.455. The standard InChI is InChI=1S/C11H16ClFN2O/c1-3-16-5-4-15(2)11-7-9(13)8(12)6-10(11)14/h6-7H,3-5,14H2,1-2H3. The molecule has 1 rings (SSSR count).